The molecule has 0 aliphatic rings. The van der Waals surface area contributed by atoms with Crippen LogP contribution in [0, 0.1) is 0 Å². The molecule has 0 amide bonds. The SMILES string of the molecule is CC/C=C\C/C=C\C/C=C\C/C=C\C/C=C\CCCCCC(=O)OC(COC(=O)CCCCCCCCC/C=C\C/C=C\C/C=C\CC)COC(=O)CCCCCCCCCCCCCCCCCCCCCCC. The van der Waals surface area contributed by atoms with E-state index in [2.05, 4.69) is 118 Å². The van der Waals surface area contributed by atoms with Crippen molar-refractivity contribution in [1.29, 1.82) is 0 Å². The maximum Gasteiger partial charge on any atom is 0.306 e. The summed E-state index contributed by atoms with van der Waals surface area (Å²) in [6.07, 6.45) is 84.1. The lowest BCUT2D eigenvalue weighted by molar-refractivity contribution is -0.167. The van der Waals surface area contributed by atoms with Crippen LogP contribution in [0.4, 0.5) is 0 Å². The standard InChI is InChI=1S/C69H118O6/c1-4-7-10-13-16-19-22-25-28-31-33-34-36-38-41-44-47-50-53-56-59-62-68(71)74-65-66(64-73-67(70)61-58-55-52-49-46-43-40-37-30-27-24-21-18-15-12-9-6-3)75-69(72)63-60-57-54-51-48-45-42-39-35-32-29-26-23-20-17-14-11-8-5-2/h8-9,11-12,17-18,20-21,26-27,29-30,35,39,45,48,66H,4-7,10,13-16,19,22-25,28,31-34,36-38,40-44,46-47,49-65H2,1-3H3/b11-8-,12-9-,20-17-,21-18-,29-26-,30-27-,39-35-,48-45-. The van der Waals surface area contributed by atoms with Gasteiger partial charge in [-0.3, -0.25) is 14.4 Å². The van der Waals surface area contributed by atoms with Crippen LogP contribution in [-0.4, -0.2) is 37.2 Å². The topological polar surface area (TPSA) is 78.9 Å². The zero-order valence-corrected chi connectivity index (χ0v) is 49.3. The first kappa shape index (κ1) is 71.3. The van der Waals surface area contributed by atoms with Gasteiger partial charge in [0.2, 0.25) is 0 Å². The summed E-state index contributed by atoms with van der Waals surface area (Å²) in [6.45, 7) is 6.42. The number of esters is 3. The van der Waals surface area contributed by atoms with Crippen LogP contribution in [0.2, 0.25) is 0 Å². The average Bonchev–Trinajstić information content (AvgIpc) is 3.41. The van der Waals surface area contributed by atoms with Crippen molar-refractivity contribution in [2.75, 3.05) is 13.2 Å². The molecule has 6 heteroatoms. The molecule has 0 aromatic heterocycles. The molecule has 0 spiro atoms. The van der Waals surface area contributed by atoms with Crippen molar-refractivity contribution in [2.45, 2.75) is 309 Å². The average molecular weight is 1040 g/mol. The number of rotatable bonds is 57. The first-order valence-corrected chi connectivity index (χ1v) is 31.7. The Bertz CT molecular complexity index is 1480. The summed E-state index contributed by atoms with van der Waals surface area (Å²) in [4.78, 5) is 38.3. The van der Waals surface area contributed by atoms with Crippen molar-refractivity contribution >= 4 is 17.9 Å². The van der Waals surface area contributed by atoms with Crippen molar-refractivity contribution in [3.05, 3.63) is 97.2 Å². The third-order valence-electron chi connectivity index (χ3n) is 13.6. The molecule has 0 bridgehead atoms. The largest absolute Gasteiger partial charge is 0.462 e. The van der Waals surface area contributed by atoms with E-state index in [0.717, 1.165) is 122 Å². The second kappa shape index (κ2) is 62.9. The normalized spacial score (nSPS) is 12.7. The molecular formula is C69H118O6. The molecule has 1 atom stereocenters. The highest BCUT2D eigenvalue weighted by atomic mass is 16.6. The molecule has 0 aliphatic heterocycles. The Hall–Kier alpha value is -3.67. The minimum atomic E-state index is -0.800. The van der Waals surface area contributed by atoms with Gasteiger partial charge in [0.25, 0.3) is 0 Å². The number of hydrogen-bond acceptors (Lipinski definition) is 6. The number of ether oxygens (including phenoxy) is 3. The summed E-state index contributed by atoms with van der Waals surface area (Å²) in [7, 11) is 0. The summed E-state index contributed by atoms with van der Waals surface area (Å²) in [5.41, 5.74) is 0. The lowest BCUT2D eigenvalue weighted by atomic mass is 10.0. The summed E-state index contributed by atoms with van der Waals surface area (Å²) in [5, 5.41) is 0. The van der Waals surface area contributed by atoms with Gasteiger partial charge in [-0.05, 0) is 96.3 Å². The van der Waals surface area contributed by atoms with E-state index in [1.807, 2.05) is 0 Å². The van der Waals surface area contributed by atoms with E-state index in [0.29, 0.717) is 12.8 Å². The molecule has 0 radical (unpaired) electrons. The van der Waals surface area contributed by atoms with Gasteiger partial charge >= 0.3 is 17.9 Å². The van der Waals surface area contributed by atoms with Gasteiger partial charge in [-0.15, -0.1) is 0 Å². The Morgan fingerprint density at radius 3 is 0.827 bits per heavy atom. The lowest BCUT2D eigenvalue weighted by Gasteiger charge is -2.18. The Morgan fingerprint density at radius 1 is 0.280 bits per heavy atom. The van der Waals surface area contributed by atoms with Crippen LogP contribution in [0.15, 0.2) is 97.2 Å². The first-order chi connectivity index (χ1) is 37.0. The number of carbonyl (C=O) groups is 3. The fourth-order valence-electron chi connectivity index (χ4n) is 8.90. The van der Waals surface area contributed by atoms with Crippen LogP contribution in [0.3, 0.4) is 0 Å². The molecule has 0 heterocycles. The summed E-state index contributed by atoms with van der Waals surface area (Å²) < 4.78 is 16.9. The molecule has 6 nitrogen and oxygen atoms in total. The Balaban J connectivity index is 4.42. The molecule has 0 aromatic rings. The van der Waals surface area contributed by atoms with Crippen LogP contribution in [0.5, 0.6) is 0 Å². The molecule has 0 aromatic carbocycles. The number of unbranched alkanes of at least 4 members (excludes halogenated alkanes) is 30. The van der Waals surface area contributed by atoms with Crippen molar-refractivity contribution < 1.29 is 28.6 Å². The van der Waals surface area contributed by atoms with Gasteiger partial charge in [-0.25, -0.2) is 0 Å². The molecule has 0 aliphatic carbocycles. The van der Waals surface area contributed by atoms with Gasteiger partial charge in [-0.1, -0.05) is 285 Å². The minimum Gasteiger partial charge on any atom is -0.462 e. The van der Waals surface area contributed by atoms with Gasteiger partial charge in [0, 0.05) is 19.3 Å². The molecule has 0 saturated carbocycles. The van der Waals surface area contributed by atoms with Crippen LogP contribution >= 0.6 is 0 Å². The zero-order chi connectivity index (χ0) is 54.3. The fourth-order valence-corrected chi connectivity index (χ4v) is 8.90. The highest BCUT2D eigenvalue weighted by Gasteiger charge is 2.19. The van der Waals surface area contributed by atoms with Crippen LogP contribution in [-0.2, 0) is 28.6 Å². The molecule has 0 fully saturated rings. The number of carbonyl (C=O) groups excluding carboxylic acids is 3. The Labute approximate surface area is 464 Å². The molecule has 430 valence electrons. The van der Waals surface area contributed by atoms with Crippen LogP contribution in [0.1, 0.15) is 303 Å². The quantitative estimate of drug-likeness (QED) is 0.0261. The predicted molar refractivity (Wildman–Crippen MR) is 325 cm³/mol. The number of allylic oxidation sites excluding steroid dienone is 16. The molecular weight excluding hydrogens is 925 g/mol. The Morgan fingerprint density at radius 2 is 0.520 bits per heavy atom. The molecule has 75 heavy (non-hydrogen) atoms. The van der Waals surface area contributed by atoms with Crippen molar-refractivity contribution in [3.8, 4) is 0 Å². The Kier molecular flexibility index (Phi) is 59.8. The second-order valence-electron chi connectivity index (χ2n) is 20.9. The van der Waals surface area contributed by atoms with E-state index >= 15 is 0 Å². The van der Waals surface area contributed by atoms with E-state index in [1.165, 1.54) is 141 Å². The summed E-state index contributed by atoms with van der Waals surface area (Å²) >= 11 is 0. The van der Waals surface area contributed by atoms with Crippen LogP contribution in [0.25, 0.3) is 0 Å². The molecule has 0 rings (SSSR count). The van der Waals surface area contributed by atoms with Crippen molar-refractivity contribution in [2.24, 2.45) is 0 Å². The maximum absolute atomic E-state index is 12.9. The van der Waals surface area contributed by atoms with E-state index in [4.69, 9.17) is 14.2 Å². The lowest BCUT2D eigenvalue weighted by Crippen LogP contribution is -2.30. The fraction of sp³-hybridized carbons (Fsp3) is 0.725. The van der Waals surface area contributed by atoms with Gasteiger partial charge in [0.05, 0.1) is 0 Å². The maximum atomic E-state index is 12.9. The van der Waals surface area contributed by atoms with Crippen molar-refractivity contribution in [1.82, 2.24) is 0 Å². The highest BCUT2D eigenvalue weighted by Crippen LogP contribution is 2.17. The van der Waals surface area contributed by atoms with E-state index in [-0.39, 0.29) is 37.5 Å². The third-order valence-corrected chi connectivity index (χ3v) is 13.6. The van der Waals surface area contributed by atoms with Gasteiger partial charge in [-0.2, -0.15) is 0 Å². The molecule has 0 N–H and O–H groups in total. The van der Waals surface area contributed by atoms with Gasteiger partial charge < -0.3 is 14.2 Å². The highest BCUT2D eigenvalue weighted by molar-refractivity contribution is 5.71. The second-order valence-corrected chi connectivity index (χ2v) is 20.9. The minimum absolute atomic E-state index is 0.0923. The summed E-state index contributed by atoms with van der Waals surface area (Å²) in [5.74, 6) is -0.924. The van der Waals surface area contributed by atoms with Crippen molar-refractivity contribution in [3.63, 3.8) is 0 Å². The first-order valence-electron chi connectivity index (χ1n) is 31.7. The van der Waals surface area contributed by atoms with E-state index in [9.17, 15) is 14.4 Å². The zero-order valence-electron chi connectivity index (χ0n) is 49.3. The predicted octanol–water partition coefficient (Wildman–Crippen LogP) is 21.7. The van der Waals surface area contributed by atoms with E-state index < -0.39 is 6.10 Å². The number of hydrogen-bond donors (Lipinski definition) is 0. The van der Waals surface area contributed by atoms with Gasteiger partial charge in [0.15, 0.2) is 6.10 Å². The van der Waals surface area contributed by atoms with Gasteiger partial charge in [0.1, 0.15) is 13.2 Å². The smallest absolute Gasteiger partial charge is 0.306 e. The molecule has 1 unspecified atom stereocenters. The third kappa shape index (κ3) is 61.1. The monoisotopic (exact) mass is 1040 g/mol. The van der Waals surface area contributed by atoms with Crippen LogP contribution < -0.4 is 0 Å². The molecule has 0 saturated heterocycles. The summed E-state index contributed by atoms with van der Waals surface area (Å²) in [6, 6.07) is 0. The van der Waals surface area contributed by atoms with E-state index in [1.54, 1.807) is 0 Å².